The van der Waals surface area contributed by atoms with Crippen LogP contribution in [-0.4, -0.2) is 61.8 Å². The van der Waals surface area contributed by atoms with Crippen molar-refractivity contribution in [3.05, 3.63) is 0 Å². The quantitative estimate of drug-likeness (QED) is 0.418. The van der Waals surface area contributed by atoms with Crippen molar-refractivity contribution in [1.29, 1.82) is 0 Å². The Hall–Kier alpha value is -0.0800. The summed E-state index contributed by atoms with van der Waals surface area (Å²) in [6.07, 6.45) is 5.84. The molecule has 0 aromatic heterocycles. The van der Waals surface area contributed by atoms with E-state index in [2.05, 4.69) is 27.4 Å². The third kappa shape index (κ3) is 3.98. The van der Waals surface area contributed by atoms with E-state index in [1.54, 1.807) is 0 Å². The second kappa shape index (κ2) is 7.79. The fourth-order valence-electron chi connectivity index (χ4n) is 3.19. The molecule has 3 rings (SSSR count). The number of hydrogen-bond acceptors (Lipinski definition) is 3. The summed E-state index contributed by atoms with van der Waals surface area (Å²) in [5.41, 5.74) is 0. The number of guanidine groups is 1. The molecule has 116 valence electrons. The molecule has 6 heteroatoms. The highest BCUT2D eigenvalue weighted by atomic mass is 127. The summed E-state index contributed by atoms with van der Waals surface area (Å²) in [4.78, 5) is 7.13. The van der Waals surface area contributed by atoms with Gasteiger partial charge in [0.1, 0.15) is 0 Å². The molecule has 3 fully saturated rings. The molecule has 3 saturated heterocycles. The van der Waals surface area contributed by atoms with Crippen molar-refractivity contribution in [2.45, 2.75) is 50.9 Å². The fourth-order valence-corrected chi connectivity index (χ4v) is 3.19. The number of aliphatic imine (C=N–C) groups is 1. The molecule has 0 aromatic rings. The van der Waals surface area contributed by atoms with Crippen molar-refractivity contribution in [1.82, 2.24) is 15.5 Å². The Morgan fingerprint density at radius 3 is 2.75 bits per heavy atom. The summed E-state index contributed by atoms with van der Waals surface area (Å²) < 4.78 is 5.88. The van der Waals surface area contributed by atoms with Crippen LogP contribution in [0.2, 0.25) is 0 Å². The highest BCUT2D eigenvalue weighted by Gasteiger charge is 2.41. The first-order chi connectivity index (χ1) is 9.35. The minimum atomic E-state index is 0. The van der Waals surface area contributed by atoms with Gasteiger partial charge in [0.05, 0.1) is 24.8 Å². The molecule has 3 heterocycles. The minimum absolute atomic E-state index is 0. The maximum absolute atomic E-state index is 5.88. The predicted molar refractivity (Wildman–Crippen MR) is 91.9 cm³/mol. The van der Waals surface area contributed by atoms with Gasteiger partial charge in [-0.15, -0.1) is 24.0 Å². The summed E-state index contributed by atoms with van der Waals surface area (Å²) in [7, 11) is 0. The van der Waals surface area contributed by atoms with Crippen LogP contribution in [0.5, 0.6) is 0 Å². The highest BCUT2D eigenvalue weighted by molar-refractivity contribution is 14.0. The van der Waals surface area contributed by atoms with Gasteiger partial charge in [0.15, 0.2) is 5.96 Å². The Morgan fingerprint density at radius 1 is 1.35 bits per heavy atom. The minimum Gasteiger partial charge on any atom is -0.373 e. The molecule has 2 N–H and O–H groups in total. The number of nitrogens with one attached hydrogen (secondary N) is 2. The van der Waals surface area contributed by atoms with Crippen molar-refractivity contribution in [3.63, 3.8) is 0 Å². The second-order valence-corrected chi connectivity index (χ2v) is 5.82. The maximum atomic E-state index is 5.88. The van der Waals surface area contributed by atoms with Gasteiger partial charge in [0.25, 0.3) is 0 Å². The topological polar surface area (TPSA) is 48.9 Å². The standard InChI is InChI=1S/C14H26N4O.HI/c1-2-15-14(16-6-9-18-7-3-8-18)17-12-10-11-4-5-13(12)19-11;/h11-13H,2-10H2,1H3,(H2,15,16,17);1H. The molecule has 5 nitrogen and oxygen atoms in total. The zero-order valence-corrected chi connectivity index (χ0v) is 14.6. The van der Waals surface area contributed by atoms with Crippen LogP contribution in [0.4, 0.5) is 0 Å². The van der Waals surface area contributed by atoms with Crippen LogP contribution < -0.4 is 10.6 Å². The van der Waals surface area contributed by atoms with Crippen LogP contribution in [0.15, 0.2) is 4.99 Å². The van der Waals surface area contributed by atoms with E-state index in [-0.39, 0.29) is 24.0 Å². The largest absolute Gasteiger partial charge is 0.373 e. The average Bonchev–Trinajstić information content (AvgIpc) is 2.94. The summed E-state index contributed by atoms with van der Waals surface area (Å²) in [5.74, 6) is 0.962. The Balaban J connectivity index is 0.00000147. The molecule has 0 amide bonds. The van der Waals surface area contributed by atoms with Crippen molar-refractivity contribution < 1.29 is 4.74 Å². The Morgan fingerprint density at radius 2 is 2.20 bits per heavy atom. The normalized spacial score (nSPS) is 32.6. The zero-order chi connectivity index (χ0) is 13.1. The summed E-state index contributed by atoms with van der Waals surface area (Å²) in [5, 5.41) is 6.90. The molecular formula is C14H27IN4O. The van der Waals surface area contributed by atoms with Gasteiger partial charge >= 0.3 is 0 Å². The summed E-state index contributed by atoms with van der Waals surface area (Å²) in [6, 6.07) is 0.459. The molecule has 2 bridgehead atoms. The maximum Gasteiger partial charge on any atom is 0.191 e. The van der Waals surface area contributed by atoms with Gasteiger partial charge in [0, 0.05) is 13.1 Å². The summed E-state index contributed by atoms with van der Waals surface area (Å²) >= 11 is 0. The van der Waals surface area contributed by atoms with Gasteiger partial charge in [-0.25, -0.2) is 0 Å². The fraction of sp³-hybridized carbons (Fsp3) is 0.929. The van der Waals surface area contributed by atoms with Crippen LogP contribution in [0, 0.1) is 0 Å². The predicted octanol–water partition coefficient (Wildman–Crippen LogP) is 1.19. The Labute approximate surface area is 138 Å². The third-order valence-electron chi connectivity index (χ3n) is 4.41. The molecule has 3 unspecified atom stereocenters. The highest BCUT2D eigenvalue weighted by Crippen LogP contribution is 2.34. The third-order valence-corrected chi connectivity index (χ3v) is 4.41. The van der Waals surface area contributed by atoms with Crippen molar-refractivity contribution in [3.8, 4) is 0 Å². The summed E-state index contributed by atoms with van der Waals surface area (Å²) in [6.45, 7) is 7.50. The van der Waals surface area contributed by atoms with Gasteiger partial charge in [-0.1, -0.05) is 0 Å². The molecule has 20 heavy (non-hydrogen) atoms. The smallest absolute Gasteiger partial charge is 0.191 e. The molecule has 0 aliphatic carbocycles. The van der Waals surface area contributed by atoms with Gasteiger partial charge in [-0.2, -0.15) is 0 Å². The Kier molecular flexibility index (Phi) is 6.35. The number of fused-ring (bicyclic) bond motifs is 2. The zero-order valence-electron chi connectivity index (χ0n) is 12.3. The molecule has 0 radical (unpaired) electrons. The number of rotatable bonds is 5. The van der Waals surface area contributed by atoms with E-state index < -0.39 is 0 Å². The number of ether oxygens (including phenoxy) is 1. The first-order valence-corrected chi connectivity index (χ1v) is 7.78. The van der Waals surface area contributed by atoms with Gasteiger partial charge in [0.2, 0.25) is 0 Å². The van der Waals surface area contributed by atoms with Crippen molar-refractivity contribution in [2.24, 2.45) is 4.99 Å². The van der Waals surface area contributed by atoms with Gasteiger partial charge in [-0.05, 0) is 45.7 Å². The van der Waals surface area contributed by atoms with E-state index in [0.717, 1.165) is 32.0 Å². The molecule has 3 atom stereocenters. The van der Waals surface area contributed by atoms with Crippen molar-refractivity contribution in [2.75, 3.05) is 32.7 Å². The van der Waals surface area contributed by atoms with Crippen molar-refractivity contribution >= 4 is 29.9 Å². The molecule has 3 aliphatic rings. The molecule has 0 spiro atoms. The van der Waals surface area contributed by atoms with E-state index in [1.165, 1.54) is 32.4 Å². The Bertz CT molecular complexity index is 335. The van der Waals surface area contributed by atoms with E-state index >= 15 is 0 Å². The van der Waals surface area contributed by atoms with E-state index in [0.29, 0.717) is 18.2 Å². The number of nitrogens with zero attached hydrogens (tertiary/aromatic N) is 2. The SMILES string of the molecule is CCNC(=NCCN1CCC1)NC1CC2CCC1O2.I. The van der Waals surface area contributed by atoms with Crippen LogP contribution in [0.25, 0.3) is 0 Å². The molecule has 3 aliphatic heterocycles. The van der Waals surface area contributed by atoms with Crippen LogP contribution in [-0.2, 0) is 4.74 Å². The molecule has 0 saturated carbocycles. The van der Waals surface area contributed by atoms with Crippen LogP contribution in [0.1, 0.15) is 32.6 Å². The van der Waals surface area contributed by atoms with Gasteiger partial charge < -0.3 is 20.3 Å². The lowest BCUT2D eigenvalue weighted by molar-refractivity contribution is 0.0992. The van der Waals surface area contributed by atoms with Crippen LogP contribution in [0.3, 0.4) is 0 Å². The average molecular weight is 394 g/mol. The van der Waals surface area contributed by atoms with E-state index in [1.807, 2.05) is 0 Å². The lowest BCUT2D eigenvalue weighted by Crippen LogP contribution is -2.47. The first-order valence-electron chi connectivity index (χ1n) is 7.78. The van der Waals surface area contributed by atoms with E-state index in [4.69, 9.17) is 4.74 Å². The number of hydrogen-bond donors (Lipinski definition) is 2. The van der Waals surface area contributed by atoms with E-state index in [9.17, 15) is 0 Å². The second-order valence-electron chi connectivity index (χ2n) is 5.82. The number of likely N-dealkylation sites (tertiary alicyclic amines) is 1. The van der Waals surface area contributed by atoms with Crippen LogP contribution >= 0.6 is 24.0 Å². The number of halogens is 1. The molecule has 0 aromatic carbocycles. The molecular weight excluding hydrogens is 367 g/mol. The lowest BCUT2D eigenvalue weighted by Gasteiger charge is -2.30. The van der Waals surface area contributed by atoms with Gasteiger partial charge in [-0.3, -0.25) is 4.99 Å². The lowest BCUT2D eigenvalue weighted by atomic mass is 9.96. The monoisotopic (exact) mass is 394 g/mol. The first kappa shape index (κ1) is 16.3.